The molecule has 4 aromatic carbocycles. The van der Waals surface area contributed by atoms with Crippen molar-refractivity contribution in [1.82, 2.24) is 0 Å². The van der Waals surface area contributed by atoms with Crippen molar-refractivity contribution < 1.29 is 19.5 Å². The van der Waals surface area contributed by atoms with Crippen molar-refractivity contribution in [2.75, 3.05) is 10.2 Å². The van der Waals surface area contributed by atoms with Crippen LogP contribution in [0.4, 0.5) is 17.1 Å². The van der Waals surface area contributed by atoms with Crippen LogP contribution in [-0.4, -0.2) is 28.1 Å². The molecule has 1 heterocycles. The van der Waals surface area contributed by atoms with E-state index in [4.69, 9.17) is 0 Å². The second kappa shape index (κ2) is 11.2. The van der Waals surface area contributed by atoms with Crippen LogP contribution in [0.2, 0.25) is 0 Å². The first-order valence-electron chi connectivity index (χ1n) is 12.1. The van der Waals surface area contributed by atoms with Crippen LogP contribution in [0.15, 0.2) is 112 Å². The smallest absolute Gasteiger partial charge is 0.336 e. The number of benzene rings is 4. The second-order valence-corrected chi connectivity index (χ2v) is 10.9. The Morgan fingerprint density at radius 2 is 1.37 bits per heavy atom. The number of fused-ring (bicyclic) bond motifs is 2. The van der Waals surface area contributed by atoms with Crippen LogP contribution in [0.25, 0.3) is 0 Å². The predicted molar refractivity (Wildman–Crippen MR) is 152 cm³/mol. The van der Waals surface area contributed by atoms with Gasteiger partial charge < -0.3 is 10.4 Å². The summed E-state index contributed by atoms with van der Waals surface area (Å²) in [7, 11) is 0. The molecule has 0 aliphatic carbocycles. The molecule has 4 aromatic rings. The van der Waals surface area contributed by atoms with Gasteiger partial charge in [-0.3, -0.25) is 14.5 Å². The highest BCUT2D eigenvalue weighted by molar-refractivity contribution is 8.00. The number of aromatic carboxylic acids is 1. The number of carboxylic acid groups (broad SMARTS) is 1. The Balaban J connectivity index is 1.33. The fraction of sp³-hybridized carbons (Fsp3) is 0.100. The van der Waals surface area contributed by atoms with E-state index in [9.17, 15) is 19.5 Å². The monoisotopic (exact) mass is 540 g/mol. The first-order chi connectivity index (χ1) is 18.5. The minimum Gasteiger partial charge on any atom is -0.478 e. The predicted octanol–water partition coefficient (Wildman–Crippen LogP) is 7.34. The molecule has 2 N–H and O–H groups in total. The number of nitrogens with one attached hydrogen (secondary N) is 1. The average molecular weight is 541 g/mol. The van der Waals surface area contributed by atoms with Crippen molar-refractivity contribution in [1.29, 1.82) is 0 Å². The fourth-order valence-corrected chi connectivity index (χ4v) is 6.29. The van der Waals surface area contributed by atoms with E-state index < -0.39 is 11.9 Å². The van der Waals surface area contributed by atoms with Gasteiger partial charge in [0.2, 0.25) is 5.91 Å². The number of thioether (sulfide) groups is 1. The van der Waals surface area contributed by atoms with Crippen molar-refractivity contribution >= 4 is 58.4 Å². The van der Waals surface area contributed by atoms with Gasteiger partial charge in [0.05, 0.1) is 27.8 Å². The lowest BCUT2D eigenvalue weighted by molar-refractivity contribution is -0.117. The Labute approximate surface area is 229 Å². The number of carbonyl (C=O) groups excluding carboxylic acids is 2. The molecule has 0 bridgehead atoms. The summed E-state index contributed by atoms with van der Waals surface area (Å²) in [5, 5.41) is 11.8. The van der Waals surface area contributed by atoms with E-state index in [2.05, 4.69) is 5.32 Å². The van der Waals surface area contributed by atoms with Crippen molar-refractivity contribution in [2.24, 2.45) is 0 Å². The number of carbonyl (C=O) groups is 3. The molecule has 2 amide bonds. The molecule has 0 fully saturated rings. The molecule has 0 aromatic heterocycles. The van der Waals surface area contributed by atoms with E-state index in [-0.39, 0.29) is 22.3 Å². The van der Waals surface area contributed by atoms with Gasteiger partial charge in [0.25, 0.3) is 5.91 Å². The molecule has 0 radical (unpaired) electrons. The molecule has 190 valence electrons. The normalized spacial score (nSPS) is 12.7. The SMILES string of the molecule is CCC(Sc1ccc(NC(=O)c2ccccc2C(=O)O)cc1)C(=O)N1c2ccccc2Sc2ccccc21. The van der Waals surface area contributed by atoms with Gasteiger partial charge in [-0.2, -0.15) is 0 Å². The molecular formula is C30H24N2O4S2. The number of rotatable bonds is 7. The Morgan fingerprint density at radius 1 is 0.816 bits per heavy atom. The minimum atomic E-state index is -1.16. The van der Waals surface area contributed by atoms with Crippen LogP contribution in [0, 0.1) is 0 Å². The third-order valence-corrected chi connectivity index (χ3v) is 8.59. The summed E-state index contributed by atoms with van der Waals surface area (Å²) in [5.74, 6) is -1.64. The molecule has 5 rings (SSSR count). The van der Waals surface area contributed by atoms with Gasteiger partial charge in [0.1, 0.15) is 0 Å². The molecule has 1 unspecified atom stereocenters. The number of anilines is 3. The summed E-state index contributed by atoms with van der Waals surface area (Å²) < 4.78 is 0. The molecule has 6 nitrogen and oxygen atoms in total. The van der Waals surface area contributed by atoms with E-state index in [1.54, 1.807) is 36.0 Å². The Morgan fingerprint density at radius 3 is 1.95 bits per heavy atom. The van der Waals surface area contributed by atoms with Crippen molar-refractivity contribution in [2.45, 2.75) is 33.3 Å². The van der Waals surface area contributed by atoms with Crippen molar-refractivity contribution in [3.8, 4) is 0 Å². The van der Waals surface area contributed by atoms with Gasteiger partial charge in [-0.25, -0.2) is 4.79 Å². The quantitative estimate of drug-likeness (QED) is 0.239. The third kappa shape index (κ3) is 5.18. The second-order valence-electron chi connectivity index (χ2n) is 8.56. The minimum absolute atomic E-state index is 0.0142. The van der Waals surface area contributed by atoms with Crippen LogP contribution in [0.3, 0.4) is 0 Å². The van der Waals surface area contributed by atoms with Gasteiger partial charge in [-0.05, 0) is 67.1 Å². The maximum Gasteiger partial charge on any atom is 0.336 e. The van der Waals surface area contributed by atoms with E-state index in [1.807, 2.05) is 72.5 Å². The molecule has 1 aliphatic heterocycles. The molecule has 0 spiro atoms. The molecule has 0 saturated carbocycles. The molecule has 0 saturated heterocycles. The molecule has 8 heteroatoms. The summed E-state index contributed by atoms with van der Waals surface area (Å²) in [5.41, 5.74) is 2.35. The summed E-state index contributed by atoms with van der Waals surface area (Å²) in [4.78, 5) is 42.8. The third-order valence-electron chi connectivity index (χ3n) is 6.09. The lowest BCUT2D eigenvalue weighted by Gasteiger charge is -2.33. The van der Waals surface area contributed by atoms with Crippen molar-refractivity contribution in [3.63, 3.8) is 0 Å². The highest BCUT2D eigenvalue weighted by atomic mass is 32.2. The van der Waals surface area contributed by atoms with E-state index in [1.165, 1.54) is 23.9 Å². The summed E-state index contributed by atoms with van der Waals surface area (Å²) in [6, 6.07) is 29.2. The Hall–Kier alpha value is -4.01. The maximum absolute atomic E-state index is 13.9. The summed E-state index contributed by atoms with van der Waals surface area (Å²) >= 11 is 3.15. The van der Waals surface area contributed by atoms with Crippen molar-refractivity contribution in [3.05, 3.63) is 108 Å². The zero-order valence-corrected chi connectivity index (χ0v) is 22.1. The zero-order chi connectivity index (χ0) is 26.6. The average Bonchev–Trinajstić information content (AvgIpc) is 2.95. The molecule has 1 aliphatic rings. The van der Waals surface area contributed by atoms with Gasteiger partial charge in [0.15, 0.2) is 0 Å². The molecule has 1 atom stereocenters. The van der Waals surface area contributed by atoms with Crippen LogP contribution < -0.4 is 10.2 Å². The van der Waals surface area contributed by atoms with Crippen LogP contribution >= 0.6 is 23.5 Å². The van der Waals surface area contributed by atoms with Gasteiger partial charge in [0, 0.05) is 20.4 Å². The largest absolute Gasteiger partial charge is 0.478 e. The van der Waals surface area contributed by atoms with E-state index in [0.29, 0.717) is 12.1 Å². The first kappa shape index (κ1) is 25.6. The standard InChI is InChI=1S/C30H24N2O4S2/c1-2-25(29(34)32-23-11-5-7-13-26(23)38-27-14-8-6-12-24(27)32)37-20-17-15-19(16-18-20)31-28(33)21-9-3-4-10-22(21)30(35)36/h3-18,25H,2H2,1H3,(H,31,33)(H,35,36). The van der Waals surface area contributed by atoms with Gasteiger partial charge >= 0.3 is 5.97 Å². The number of amides is 2. The first-order valence-corrected chi connectivity index (χ1v) is 13.8. The highest BCUT2D eigenvalue weighted by Gasteiger charge is 2.32. The summed E-state index contributed by atoms with van der Waals surface area (Å²) in [6.07, 6.45) is 0.641. The maximum atomic E-state index is 13.9. The van der Waals surface area contributed by atoms with E-state index >= 15 is 0 Å². The Bertz CT molecular complexity index is 1480. The lowest BCUT2D eigenvalue weighted by atomic mass is 10.1. The topological polar surface area (TPSA) is 86.7 Å². The Kier molecular flexibility index (Phi) is 7.53. The number of hydrogen-bond acceptors (Lipinski definition) is 5. The number of carboxylic acids is 1. The summed E-state index contributed by atoms with van der Waals surface area (Å²) in [6.45, 7) is 2.00. The molecule has 38 heavy (non-hydrogen) atoms. The number of hydrogen-bond donors (Lipinski definition) is 2. The number of para-hydroxylation sites is 2. The van der Waals surface area contributed by atoms with E-state index in [0.717, 1.165) is 26.1 Å². The lowest BCUT2D eigenvalue weighted by Crippen LogP contribution is -2.35. The van der Waals surface area contributed by atoms with Crippen LogP contribution in [0.1, 0.15) is 34.1 Å². The van der Waals surface area contributed by atoms with Crippen LogP contribution in [0.5, 0.6) is 0 Å². The molecular weight excluding hydrogens is 516 g/mol. The highest BCUT2D eigenvalue weighted by Crippen LogP contribution is 2.48. The van der Waals surface area contributed by atoms with Gasteiger partial charge in [-0.1, -0.05) is 55.1 Å². The fourth-order valence-electron chi connectivity index (χ4n) is 4.24. The van der Waals surface area contributed by atoms with Gasteiger partial charge in [-0.15, -0.1) is 11.8 Å². The number of nitrogens with zero attached hydrogens (tertiary/aromatic N) is 1. The van der Waals surface area contributed by atoms with Crippen LogP contribution in [-0.2, 0) is 4.79 Å². The zero-order valence-electron chi connectivity index (χ0n) is 20.5.